The fourth-order valence-corrected chi connectivity index (χ4v) is 0.667. The third-order valence-electron chi connectivity index (χ3n) is 1.18. The number of nitrogens with two attached hydrogens (primary N) is 1. The molecule has 7 heavy (non-hydrogen) atoms. The van der Waals surface area contributed by atoms with E-state index >= 15 is 0 Å². The van der Waals surface area contributed by atoms with Crippen LogP contribution >= 0.6 is 0 Å². The van der Waals surface area contributed by atoms with Crippen molar-refractivity contribution in [2.75, 3.05) is 13.1 Å². The van der Waals surface area contributed by atoms with E-state index in [2.05, 4.69) is 5.32 Å². The lowest BCUT2D eigenvalue weighted by molar-refractivity contribution is 0.332. The van der Waals surface area contributed by atoms with E-state index in [1.165, 1.54) is 0 Å². The Labute approximate surface area is 41.9 Å². The fraction of sp³-hybridized carbons (Fsp3) is 1.00. The van der Waals surface area contributed by atoms with E-state index in [4.69, 9.17) is 5.73 Å². The first-order valence-corrected chi connectivity index (χ1v) is 2.41. The van der Waals surface area contributed by atoms with Gasteiger partial charge in [-0.05, 0) is 0 Å². The number of alkyl halides is 1. The van der Waals surface area contributed by atoms with Gasteiger partial charge in [-0.2, -0.15) is 0 Å². The second-order valence-corrected chi connectivity index (χ2v) is 1.84. The molecule has 3 heteroatoms. The first kappa shape index (κ1) is 5.00. The normalized spacial score (nSPS) is 42.0. The van der Waals surface area contributed by atoms with Crippen LogP contribution < -0.4 is 11.1 Å². The maximum Gasteiger partial charge on any atom is 0.129 e. The Kier molecular flexibility index (Phi) is 1.25. The summed E-state index contributed by atoms with van der Waals surface area (Å²) in [7, 11) is 0. The minimum Gasteiger partial charge on any atom is -0.324 e. The molecule has 2 atom stereocenters. The molecule has 1 saturated heterocycles. The van der Waals surface area contributed by atoms with Crippen molar-refractivity contribution in [3.05, 3.63) is 0 Å². The third kappa shape index (κ3) is 0.894. The van der Waals surface area contributed by atoms with Gasteiger partial charge in [0, 0.05) is 19.1 Å². The molecule has 0 spiro atoms. The highest BCUT2D eigenvalue weighted by atomic mass is 19.1. The maximum absolute atomic E-state index is 12.1. The van der Waals surface area contributed by atoms with E-state index < -0.39 is 6.17 Å². The van der Waals surface area contributed by atoms with E-state index in [0.717, 1.165) is 0 Å². The highest BCUT2D eigenvalue weighted by Crippen LogP contribution is 1.99. The molecule has 0 unspecified atom stereocenters. The van der Waals surface area contributed by atoms with Crippen molar-refractivity contribution in [3.8, 4) is 0 Å². The Morgan fingerprint density at radius 1 is 1.57 bits per heavy atom. The van der Waals surface area contributed by atoms with Crippen LogP contribution in [-0.4, -0.2) is 25.3 Å². The molecule has 0 radical (unpaired) electrons. The molecule has 0 aromatic rings. The van der Waals surface area contributed by atoms with Gasteiger partial charge >= 0.3 is 0 Å². The second kappa shape index (κ2) is 1.76. The molecule has 3 N–H and O–H groups in total. The van der Waals surface area contributed by atoms with E-state index in [1.54, 1.807) is 0 Å². The molecule has 0 aromatic carbocycles. The summed E-state index contributed by atoms with van der Waals surface area (Å²) in [5.74, 6) is 0. The van der Waals surface area contributed by atoms with Crippen LogP contribution in [0.4, 0.5) is 4.39 Å². The molecule has 1 heterocycles. The molecule has 0 aliphatic carbocycles. The minimum atomic E-state index is -0.819. The smallest absolute Gasteiger partial charge is 0.129 e. The van der Waals surface area contributed by atoms with Gasteiger partial charge in [-0.3, -0.25) is 0 Å². The van der Waals surface area contributed by atoms with Crippen LogP contribution in [0.15, 0.2) is 0 Å². The topological polar surface area (TPSA) is 38.0 Å². The number of rotatable bonds is 0. The van der Waals surface area contributed by atoms with Gasteiger partial charge in [0.15, 0.2) is 0 Å². The first-order valence-electron chi connectivity index (χ1n) is 2.41. The zero-order valence-corrected chi connectivity index (χ0v) is 4.02. The van der Waals surface area contributed by atoms with E-state index in [-0.39, 0.29) is 6.04 Å². The third-order valence-corrected chi connectivity index (χ3v) is 1.18. The van der Waals surface area contributed by atoms with Gasteiger partial charge < -0.3 is 11.1 Å². The lowest BCUT2D eigenvalue weighted by Gasteiger charge is -1.99. The molecule has 1 aliphatic heterocycles. The zero-order valence-electron chi connectivity index (χ0n) is 4.02. The average molecular weight is 104 g/mol. The Balaban J connectivity index is 2.33. The lowest BCUT2D eigenvalue weighted by Crippen LogP contribution is -2.29. The van der Waals surface area contributed by atoms with Crippen molar-refractivity contribution in [3.63, 3.8) is 0 Å². The molecule has 2 nitrogen and oxygen atoms in total. The predicted octanol–water partition coefficient (Wildman–Crippen LogP) is -0.745. The largest absolute Gasteiger partial charge is 0.324 e. The van der Waals surface area contributed by atoms with Gasteiger partial charge in [0.25, 0.3) is 0 Å². The van der Waals surface area contributed by atoms with Crippen LogP contribution in [0.5, 0.6) is 0 Å². The van der Waals surface area contributed by atoms with Crippen LogP contribution in [0.1, 0.15) is 0 Å². The van der Waals surface area contributed by atoms with Crippen LogP contribution in [0, 0.1) is 0 Å². The van der Waals surface area contributed by atoms with Crippen LogP contribution in [-0.2, 0) is 0 Å². The van der Waals surface area contributed by atoms with E-state index in [0.29, 0.717) is 13.1 Å². The Morgan fingerprint density at radius 2 is 2.29 bits per heavy atom. The summed E-state index contributed by atoms with van der Waals surface area (Å²) in [5.41, 5.74) is 5.24. The maximum atomic E-state index is 12.1. The van der Waals surface area contributed by atoms with Crippen LogP contribution in [0.25, 0.3) is 0 Å². The molecular weight excluding hydrogens is 95.1 g/mol. The van der Waals surface area contributed by atoms with Crippen LogP contribution in [0.3, 0.4) is 0 Å². The summed E-state index contributed by atoms with van der Waals surface area (Å²) in [6, 6.07) is -0.264. The van der Waals surface area contributed by atoms with Gasteiger partial charge in [0.05, 0.1) is 0 Å². The lowest BCUT2D eigenvalue weighted by atomic mass is 10.3. The Hall–Kier alpha value is -0.150. The Morgan fingerprint density at radius 3 is 2.43 bits per heavy atom. The second-order valence-electron chi connectivity index (χ2n) is 1.84. The number of halogens is 1. The van der Waals surface area contributed by atoms with Crippen molar-refractivity contribution in [1.29, 1.82) is 0 Å². The minimum absolute atomic E-state index is 0.264. The van der Waals surface area contributed by atoms with Gasteiger partial charge in [0.1, 0.15) is 6.17 Å². The molecule has 0 amide bonds. The van der Waals surface area contributed by atoms with Crippen LogP contribution in [0.2, 0.25) is 0 Å². The van der Waals surface area contributed by atoms with Crippen molar-refractivity contribution < 1.29 is 4.39 Å². The molecule has 42 valence electrons. The summed E-state index contributed by atoms with van der Waals surface area (Å²) in [6.07, 6.45) is -0.819. The van der Waals surface area contributed by atoms with Gasteiger partial charge in [-0.25, -0.2) is 4.39 Å². The zero-order chi connectivity index (χ0) is 5.28. The molecule has 0 bridgehead atoms. The molecule has 1 fully saturated rings. The monoisotopic (exact) mass is 104 g/mol. The van der Waals surface area contributed by atoms with Crippen molar-refractivity contribution >= 4 is 0 Å². The number of hydrogen-bond acceptors (Lipinski definition) is 2. The van der Waals surface area contributed by atoms with Crippen molar-refractivity contribution in [2.24, 2.45) is 5.73 Å². The number of nitrogens with one attached hydrogen (secondary N) is 1. The standard InChI is InChI=1S/C4H9FN2/c5-3-1-7-2-4(3)6/h3-4,7H,1-2,6H2/t3-,4+/m1/s1. The SMILES string of the molecule is N[C@H]1CNC[C@H]1F. The first-order chi connectivity index (χ1) is 3.30. The summed E-state index contributed by atoms with van der Waals surface area (Å²) in [5, 5.41) is 2.82. The summed E-state index contributed by atoms with van der Waals surface area (Å²) in [6.45, 7) is 1.06. The van der Waals surface area contributed by atoms with Crippen molar-refractivity contribution in [2.45, 2.75) is 12.2 Å². The van der Waals surface area contributed by atoms with Gasteiger partial charge in [0.2, 0.25) is 0 Å². The highest BCUT2D eigenvalue weighted by molar-refractivity contribution is 4.83. The van der Waals surface area contributed by atoms with Crippen molar-refractivity contribution in [1.82, 2.24) is 5.32 Å². The molecule has 1 rings (SSSR count). The predicted molar refractivity (Wildman–Crippen MR) is 25.7 cm³/mol. The molecular formula is C4H9FN2. The summed E-state index contributed by atoms with van der Waals surface area (Å²) >= 11 is 0. The molecule has 0 aromatic heterocycles. The summed E-state index contributed by atoms with van der Waals surface area (Å²) < 4.78 is 12.1. The number of hydrogen-bond donors (Lipinski definition) is 2. The summed E-state index contributed by atoms with van der Waals surface area (Å²) in [4.78, 5) is 0. The van der Waals surface area contributed by atoms with E-state index in [1.807, 2.05) is 0 Å². The fourth-order valence-electron chi connectivity index (χ4n) is 0.667. The highest BCUT2D eigenvalue weighted by Gasteiger charge is 2.21. The molecule has 0 saturated carbocycles. The average Bonchev–Trinajstić information content (AvgIpc) is 1.91. The van der Waals surface area contributed by atoms with Gasteiger partial charge in [-0.1, -0.05) is 0 Å². The van der Waals surface area contributed by atoms with E-state index in [9.17, 15) is 4.39 Å². The van der Waals surface area contributed by atoms with Gasteiger partial charge in [-0.15, -0.1) is 0 Å². The Bertz CT molecular complexity index is 58.7. The quantitative estimate of drug-likeness (QED) is 0.424. The molecule has 1 aliphatic rings.